The first-order chi connectivity index (χ1) is 17.5. The fourth-order valence-electron chi connectivity index (χ4n) is 4.84. The van der Waals surface area contributed by atoms with Crippen LogP contribution in [0.25, 0.3) is 5.69 Å². The Morgan fingerprint density at radius 1 is 0.833 bits per heavy atom. The van der Waals surface area contributed by atoms with Crippen molar-refractivity contribution in [1.29, 1.82) is 0 Å². The first-order valence-corrected chi connectivity index (χ1v) is 13.0. The fourth-order valence-corrected chi connectivity index (χ4v) is 5.39. The Labute approximate surface area is 219 Å². The van der Waals surface area contributed by atoms with Crippen LogP contribution in [0, 0.1) is 0 Å². The molecule has 0 unspecified atom stereocenters. The van der Waals surface area contributed by atoms with Gasteiger partial charge in [0.1, 0.15) is 4.47 Å². The predicted octanol–water partition coefficient (Wildman–Crippen LogP) is 4.49. The molecule has 36 heavy (non-hydrogen) atoms. The van der Waals surface area contributed by atoms with Crippen molar-refractivity contribution in [2.24, 2.45) is 7.05 Å². The summed E-state index contributed by atoms with van der Waals surface area (Å²) in [5, 5.41) is 0. The van der Waals surface area contributed by atoms with Crippen molar-refractivity contribution in [3.8, 4) is 5.69 Å². The second-order valence-electron chi connectivity index (χ2n) is 9.12. The van der Waals surface area contributed by atoms with E-state index < -0.39 is 0 Å². The van der Waals surface area contributed by atoms with E-state index in [1.807, 2.05) is 89.4 Å². The van der Waals surface area contributed by atoms with E-state index in [0.29, 0.717) is 24.1 Å². The smallest absolute Gasteiger partial charge is 0.286 e. The molecule has 1 fully saturated rings. The summed E-state index contributed by atoms with van der Waals surface area (Å²) >= 11 is 3.53. The van der Waals surface area contributed by atoms with Gasteiger partial charge in [0.05, 0.1) is 11.4 Å². The van der Waals surface area contributed by atoms with Gasteiger partial charge in [0, 0.05) is 45.3 Å². The number of aromatic nitrogens is 2. The Hall–Kier alpha value is -3.42. The summed E-state index contributed by atoms with van der Waals surface area (Å²) in [4.78, 5) is 30.6. The number of hydrogen-bond donors (Lipinski definition) is 0. The number of hydrogen-bond acceptors (Lipinski definition) is 3. The maximum atomic E-state index is 13.4. The van der Waals surface area contributed by atoms with Gasteiger partial charge in [-0.2, -0.15) is 0 Å². The Morgan fingerprint density at radius 2 is 1.44 bits per heavy atom. The molecular weight excluding hydrogens is 516 g/mol. The van der Waals surface area contributed by atoms with Crippen molar-refractivity contribution in [1.82, 2.24) is 19.2 Å². The van der Waals surface area contributed by atoms with E-state index in [0.717, 1.165) is 42.0 Å². The average Bonchev–Trinajstić information content (AvgIpc) is 3.13. The molecule has 6 nitrogen and oxygen atoms in total. The van der Waals surface area contributed by atoms with Crippen molar-refractivity contribution in [2.45, 2.75) is 13.0 Å². The third-order valence-corrected chi connectivity index (χ3v) is 7.64. The van der Waals surface area contributed by atoms with E-state index >= 15 is 0 Å². The highest BCUT2D eigenvalue weighted by Gasteiger charge is 2.26. The number of amides is 1. The molecule has 0 aliphatic carbocycles. The van der Waals surface area contributed by atoms with E-state index in [9.17, 15) is 9.59 Å². The van der Waals surface area contributed by atoms with Gasteiger partial charge >= 0.3 is 0 Å². The summed E-state index contributed by atoms with van der Waals surface area (Å²) in [6.45, 7) is 3.46. The first kappa shape index (κ1) is 24.3. The Bertz CT molecular complexity index is 1400. The first-order valence-electron chi connectivity index (χ1n) is 12.2. The van der Waals surface area contributed by atoms with Crippen molar-refractivity contribution in [3.63, 3.8) is 0 Å². The van der Waals surface area contributed by atoms with Crippen LogP contribution in [0.1, 0.15) is 27.2 Å². The number of nitrogens with zero attached hydrogens (tertiary/aromatic N) is 4. The van der Waals surface area contributed by atoms with Crippen LogP contribution in [-0.4, -0.2) is 51.2 Å². The normalized spacial score (nSPS) is 14.2. The van der Waals surface area contributed by atoms with Crippen molar-refractivity contribution in [2.75, 3.05) is 26.2 Å². The summed E-state index contributed by atoms with van der Waals surface area (Å²) in [5.74, 6) is 0.0880. The highest BCUT2D eigenvalue weighted by atomic mass is 79.9. The van der Waals surface area contributed by atoms with Gasteiger partial charge in [0.25, 0.3) is 11.5 Å². The molecule has 1 saturated heterocycles. The van der Waals surface area contributed by atoms with Crippen LogP contribution in [0.2, 0.25) is 0 Å². The molecule has 0 bridgehead atoms. The van der Waals surface area contributed by atoms with Gasteiger partial charge in [-0.1, -0.05) is 66.7 Å². The van der Waals surface area contributed by atoms with Gasteiger partial charge in [0.2, 0.25) is 0 Å². The molecule has 1 aliphatic heterocycles. The number of carbonyl (C=O) groups excluding carboxylic acids is 1. The zero-order chi connectivity index (χ0) is 25.1. The molecular formula is C29H29BrN4O2. The molecule has 0 radical (unpaired) electrons. The van der Waals surface area contributed by atoms with E-state index in [4.69, 9.17) is 0 Å². The summed E-state index contributed by atoms with van der Waals surface area (Å²) < 4.78 is 4.18. The van der Waals surface area contributed by atoms with Crippen LogP contribution < -0.4 is 5.56 Å². The summed E-state index contributed by atoms with van der Waals surface area (Å²) in [6.07, 6.45) is 0.739. The third kappa shape index (κ3) is 4.94. The van der Waals surface area contributed by atoms with E-state index in [-0.39, 0.29) is 11.5 Å². The molecule has 0 atom stereocenters. The fraction of sp³-hybridized carbons (Fsp3) is 0.241. The highest BCUT2D eigenvalue weighted by Crippen LogP contribution is 2.21. The average molecular weight is 545 g/mol. The Kier molecular flexibility index (Phi) is 7.20. The van der Waals surface area contributed by atoms with E-state index in [1.165, 1.54) is 5.56 Å². The van der Waals surface area contributed by atoms with Gasteiger partial charge in [0.15, 0.2) is 0 Å². The lowest BCUT2D eigenvalue weighted by Crippen LogP contribution is -2.48. The number of carbonyl (C=O) groups is 1. The SMILES string of the molecule is Cn1c(CN2CCN(C(=O)c3ccccc3Cc3ccccc3)CC2)c(Br)c(=O)n1-c1ccccc1. The quantitative estimate of drug-likeness (QED) is 0.359. The molecule has 5 rings (SSSR count). The van der Waals surface area contributed by atoms with Crippen LogP contribution in [-0.2, 0) is 20.0 Å². The van der Waals surface area contributed by atoms with Crippen LogP contribution in [0.3, 0.4) is 0 Å². The minimum atomic E-state index is -0.0671. The zero-order valence-electron chi connectivity index (χ0n) is 20.3. The maximum Gasteiger partial charge on any atom is 0.286 e. The summed E-state index contributed by atoms with van der Waals surface area (Å²) in [7, 11) is 1.91. The number of benzene rings is 3. The molecule has 1 aliphatic rings. The van der Waals surface area contributed by atoms with Crippen LogP contribution >= 0.6 is 15.9 Å². The van der Waals surface area contributed by atoms with Gasteiger partial charge in [-0.25, -0.2) is 4.68 Å². The third-order valence-electron chi connectivity index (χ3n) is 6.84. The lowest BCUT2D eigenvalue weighted by molar-refractivity contribution is 0.0624. The molecule has 184 valence electrons. The Morgan fingerprint density at radius 3 is 2.14 bits per heavy atom. The molecule has 4 aromatic rings. The van der Waals surface area contributed by atoms with Crippen LogP contribution in [0.4, 0.5) is 0 Å². The predicted molar refractivity (Wildman–Crippen MR) is 146 cm³/mol. The lowest BCUT2D eigenvalue weighted by atomic mass is 9.99. The van der Waals surface area contributed by atoms with Gasteiger partial charge in [-0.05, 0) is 51.7 Å². The van der Waals surface area contributed by atoms with Crippen molar-refractivity contribution < 1.29 is 4.79 Å². The molecule has 3 aromatic carbocycles. The monoisotopic (exact) mass is 544 g/mol. The van der Waals surface area contributed by atoms with Crippen molar-refractivity contribution >= 4 is 21.8 Å². The largest absolute Gasteiger partial charge is 0.336 e. The lowest BCUT2D eigenvalue weighted by Gasteiger charge is -2.35. The number of rotatable bonds is 6. The van der Waals surface area contributed by atoms with Gasteiger partial charge < -0.3 is 4.90 Å². The second kappa shape index (κ2) is 10.7. The maximum absolute atomic E-state index is 13.4. The van der Waals surface area contributed by atoms with E-state index in [2.05, 4.69) is 33.0 Å². The standard InChI is InChI=1S/C29H29BrN4O2/c1-31-26(27(30)29(36)34(31)24-13-6-3-7-14-24)21-32-16-18-33(19-17-32)28(35)25-15-9-8-12-23(25)20-22-10-4-2-5-11-22/h2-15H,16-21H2,1H3. The zero-order valence-corrected chi connectivity index (χ0v) is 21.9. The topological polar surface area (TPSA) is 50.5 Å². The number of piperazine rings is 1. The molecule has 0 N–H and O–H groups in total. The number of para-hydroxylation sites is 1. The van der Waals surface area contributed by atoms with Crippen LogP contribution in [0.15, 0.2) is 94.2 Å². The molecule has 0 saturated carbocycles. The second-order valence-corrected chi connectivity index (χ2v) is 9.92. The molecule has 2 heterocycles. The number of halogens is 1. The summed E-state index contributed by atoms with van der Waals surface area (Å²) in [6, 6.07) is 27.8. The summed E-state index contributed by atoms with van der Waals surface area (Å²) in [5.41, 5.74) is 4.72. The molecule has 7 heteroatoms. The minimum Gasteiger partial charge on any atom is -0.336 e. The molecule has 0 spiro atoms. The van der Waals surface area contributed by atoms with E-state index in [1.54, 1.807) is 4.68 Å². The van der Waals surface area contributed by atoms with Crippen molar-refractivity contribution in [3.05, 3.63) is 122 Å². The van der Waals surface area contributed by atoms with Gasteiger partial charge in [-0.3, -0.25) is 19.2 Å². The Balaban J connectivity index is 1.27. The molecule has 1 amide bonds. The molecule has 1 aromatic heterocycles. The van der Waals surface area contributed by atoms with Crippen LogP contribution in [0.5, 0.6) is 0 Å². The van der Waals surface area contributed by atoms with Gasteiger partial charge in [-0.15, -0.1) is 0 Å². The minimum absolute atomic E-state index is 0.0671. The highest BCUT2D eigenvalue weighted by molar-refractivity contribution is 9.10.